The minimum atomic E-state index is -3.47. The quantitative estimate of drug-likeness (QED) is 0.645. The fourth-order valence-electron chi connectivity index (χ4n) is 4.04. The van der Waals surface area contributed by atoms with Crippen molar-refractivity contribution in [1.29, 1.82) is 0 Å². The smallest absolute Gasteiger partial charge is 0.235 e. The second-order valence-corrected chi connectivity index (χ2v) is 11.6. The van der Waals surface area contributed by atoms with Crippen LogP contribution in [-0.2, 0) is 14.8 Å². The number of amides is 1. The minimum Gasteiger partial charge on any atom is -0.352 e. The van der Waals surface area contributed by atoms with Crippen LogP contribution in [0.15, 0.2) is 0 Å². The predicted molar refractivity (Wildman–Crippen MR) is 106 cm³/mol. The van der Waals surface area contributed by atoms with E-state index in [1.165, 1.54) is 10.6 Å². The molecule has 25 heavy (non-hydrogen) atoms. The number of carbonyl (C=O) groups excluding carboxylic acids is 1. The lowest BCUT2D eigenvalue weighted by molar-refractivity contribution is -0.122. The van der Waals surface area contributed by atoms with E-state index in [1.807, 2.05) is 6.92 Å². The summed E-state index contributed by atoms with van der Waals surface area (Å²) < 4.78 is 26.0. The van der Waals surface area contributed by atoms with Crippen LogP contribution < -0.4 is 5.32 Å². The van der Waals surface area contributed by atoms with E-state index in [-0.39, 0.29) is 35.8 Å². The number of nitrogens with zero attached hydrogens (tertiary/aromatic N) is 1. The van der Waals surface area contributed by atoms with Gasteiger partial charge in [-0.2, -0.15) is 4.31 Å². The summed E-state index contributed by atoms with van der Waals surface area (Å²) >= 11 is 9.93. The topological polar surface area (TPSA) is 66.5 Å². The molecule has 2 rings (SSSR count). The summed E-state index contributed by atoms with van der Waals surface area (Å²) in [5.41, 5.74) is 0. The van der Waals surface area contributed by atoms with Gasteiger partial charge in [-0.05, 0) is 50.4 Å². The highest BCUT2D eigenvalue weighted by atomic mass is 79.9. The Morgan fingerprint density at radius 3 is 2.44 bits per heavy atom. The summed E-state index contributed by atoms with van der Waals surface area (Å²) in [6, 6.07) is -0.0727. The summed E-state index contributed by atoms with van der Waals surface area (Å²) in [5.74, 6) is 0.501. The molecule has 0 aliphatic heterocycles. The molecule has 146 valence electrons. The van der Waals surface area contributed by atoms with Gasteiger partial charge >= 0.3 is 0 Å². The fourth-order valence-corrected chi connectivity index (χ4v) is 5.96. The number of carbonyl (C=O) groups is 1. The van der Waals surface area contributed by atoms with Crippen LogP contribution in [0, 0.1) is 11.8 Å². The molecule has 0 heterocycles. The third-order valence-corrected chi connectivity index (χ3v) is 8.62. The van der Waals surface area contributed by atoms with Crippen molar-refractivity contribution in [2.45, 2.75) is 74.7 Å². The van der Waals surface area contributed by atoms with Gasteiger partial charge in [0.15, 0.2) is 0 Å². The van der Waals surface area contributed by atoms with Crippen molar-refractivity contribution >= 4 is 43.5 Å². The number of alkyl halides is 2. The number of nitrogens with one attached hydrogen (secondary N) is 1. The van der Waals surface area contributed by atoms with Gasteiger partial charge in [-0.15, -0.1) is 11.6 Å². The number of hydrogen-bond acceptors (Lipinski definition) is 3. The molecule has 2 aliphatic carbocycles. The molecule has 1 amide bonds. The zero-order valence-electron chi connectivity index (χ0n) is 15.2. The van der Waals surface area contributed by atoms with E-state index in [9.17, 15) is 13.2 Å². The number of sulfonamides is 1. The van der Waals surface area contributed by atoms with Gasteiger partial charge in [-0.25, -0.2) is 8.42 Å². The molecule has 0 aromatic heterocycles. The van der Waals surface area contributed by atoms with Crippen molar-refractivity contribution in [3.8, 4) is 0 Å². The Labute approximate surface area is 165 Å². The lowest BCUT2D eigenvalue weighted by Gasteiger charge is -2.38. The summed E-state index contributed by atoms with van der Waals surface area (Å²) in [6.07, 6.45) is 6.45. The average molecular weight is 458 g/mol. The Balaban J connectivity index is 2.01. The van der Waals surface area contributed by atoms with Crippen molar-refractivity contribution in [2.24, 2.45) is 11.8 Å². The van der Waals surface area contributed by atoms with Crippen LogP contribution in [0.1, 0.15) is 52.4 Å². The Morgan fingerprint density at radius 2 is 1.84 bits per heavy atom. The van der Waals surface area contributed by atoms with Crippen LogP contribution in [0.3, 0.4) is 0 Å². The summed E-state index contributed by atoms with van der Waals surface area (Å²) in [7, 11) is -3.47. The number of hydrogen-bond donors (Lipinski definition) is 1. The lowest BCUT2D eigenvalue weighted by Crippen LogP contribution is -2.52. The van der Waals surface area contributed by atoms with Gasteiger partial charge in [0, 0.05) is 22.3 Å². The second kappa shape index (κ2) is 8.89. The zero-order valence-corrected chi connectivity index (χ0v) is 18.4. The first-order chi connectivity index (χ1) is 11.6. The third kappa shape index (κ3) is 6.08. The monoisotopic (exact) mass is 456 g/mol. The highest BCUT2D eigenvalue weighted by Gasteiger charge is 2.37. The van der Waals surface area contributed by atoms with E-state index in [0.717, 1.165) is 32.1 Å². The van der Waals surface area contributed by atoms with Crippen molar-refractivity contribution < 1.29 is 13.2 Å². The van der Waals surface area contributed by atoms with Crippen LogP contribution in [0.5, 0.6) is 0 Å². The molecule has 0 saturated heterocycles. The molecule has 2 fully saturated rings. The maximum atomic E-state index is 12.5. The maximum Gasteiger partial charge on any atom is 0.235 e. The SMILES string of the molecule is CC1CC(NC(=O)CN(C2CC(Cl)CCC2C)S(C)(=O)=O)CCC1Br. The predicted octanol–water partition coefficient (Wildman–Crippen LogP) is 3.11. The molecule has 0 aromatic carbocycles. The molecule has 0 bridgehead atoms. The van der Waals surface area contributed by atoms with Crippen molar-refractivity contribution in [2.75, 3.05) is 12.8 Å². The Morgan fingerprint density at radius 1 is 1.16 bits per heavy atom. The van der Waals surface area contributed by atoms with E-state index in [0.29, 0.717) is 17.2 Å². The maximum absolute atomic E-state index is 12.5. The molecule has 6 unspecified atom stereocenters. The number of rotatable bonds is 5. The Kier molecular flexibility index (Phi) is 7.63. The first kappa shape index (κ1) is 21.5. The molecule has 6 atom stereocenters. The fraction of sp³-hybridized carbons (Fsp3) is 0.941. The molecular weight excluding hydrogens is 428 g/mol. The third-order valence-electron chi connectivity index (χ3n) is 5.61. The summed E-state index contributed by atoms with van der Waals surface area (Å²) in [4.78, 5) is 13.0. The van der Waals surface area contributed by atoms with E-state index >= 15 is 0 Å². The molecule has 0 spiro atoms. The molecule has 8 heteroatoms. The summed E-state index contributed by atoms with van der Waals surface area (Å²) in [5, 5.41) is 3.01. The lowest BCUT2D eigenvalue weighted by atomic mass is 9.85. The molecule has 0 aromatic rings. The molecular formula is C17H30BrClN2O3S. The molecule has 2 saturated carbocycles. The van der Waals surface area contributed by atoms with E-state index < -0.39 is 10.0 Å². The van der Waals surface area contributed by atoms with Crippen molar-refractivity contribution in [3.05, 3.63) is 0 Å². The van der Waals surface area contributed by atoms with Crippen LogP contribution in [-0.4, -0.2) is 53.7 Å². The molecule has 2 aliphatic rings. The van der Waals surface area contributed by atoms with E-state index in [4.69, 9.17) is 11.6 Å². The van der Waals surface area contributed by atoms with Crippen molar-refractivity contribution in [3.63, 3.8) is 0 Å². The standard InChI is InChI=1S/C17H30BrClN2O3S/c1-11-4-5-13(19)9-16(11)21(25(3,23)24)10-17(22)20-14-6-7-15(18)12(2)8-14/h11-16H,4-10H2,1-3H3,(H,20,22). The zero-order chi connectivity index (χ0) is 18.8. The van der Waals surface area contributed by atoms with E-state index in [2.05, 4.69) is 28.2 Å². The van der Waals surface area contributed by atoms with Gasteiger partial charge in [-0.1, -0.05) is 29.8 Å². The van der Waals surface area contributed by atoms with Crippen LogP contribution in [0.4, 0.5) is 0 Å². The highest BCUT2D eigenvalue weighted by molar-refractivity contribution is 9.09. The molecule has 0 radical (unpaired) electrons. The average Bonchev–Trinajstić information content (AvgIpc) is 2.50. The normalized spacial score (nSPS) is 37.0. The van der Waals surface area contributed by atoms with E-state index in [1.54, 1.807) is 0 Å². The first-order valence-electron chi connectivity index (χ1n) is 9.12. The van der Waals surface area contributed by atoms with Gasteiger partial charge in [0.25, 0.3) is 0 Å². The molecule has 1 N–H and O–H groups in total. The van der Waals surface area contributed by atoms with Gasteiger partial charge in [0.2, 0.25) is 15.9 Å². The van der Waals surface area contributed by atoms with Crippen LogP contribution in [0.25, 0.3) is 0 Å². The van der Waals surface area contributed by atoms with Gasteiger partial charge in [0.05, 0.1) is 12.8 Å². The molecule has 5 nitrogen and oxygen atoms in total. The second-order valence-electron chi connectivity index (χ2n) is 7.83. The van der Waals surface area contributed by atoms with Crippen molar-refractivity contribution in [1.82, 2.24) is 9.62 Å². The van der Waals surface area contributed by atoms with Crippen LogP contribution in [0.2, 0.25) is 0 Å². The Bertz CT molecular complexity index is 574. The number of halogens is 2. The first-order valence-corrected chi connectivity index (χ1v) is 12.3. The minimum absolute atomic E-state index is 0.0245. The van der Waals surface area contributed by atoms with Gasteiger partial charge < -0.3 is 5.32 Å². The largest absolute Gasteiger partial charge is 0.352 e. The van der Waals surface area contributed by atoms with Crippen LogP contribution >= 0.6 is 27.5 Å². The highest BCUT2D eigenvalue weighted by Crippen LogP contribution is 2.33. The van der Waals surface area contributed by atoms with Gasteiger partial charge in [-0.3, -0.25) is 4.79 Å². The Hall–Kier alpha value is 0.150. The van der Waals surface area contributed by atoms with Gasteiger partial charge in [0.1, 0.15) is 0 Å². The summed E-state index contributed by atoms with van der Waals surface area (Å²) in [6.45, 7) is 4.10.